The molecule has 0 bridgehead atoms. The molecular weight excluding hydrogens is 306 g/mol. The smallest absolute Gasteiger partial charge is 0.407 e. The Labute approximate surface area is 134 Å². The first-order valence-electron chi connectivity index (χ1n) is 7.34. The van der Waals surface area contributed by atoms with Gasteiger partial charge in [0.15, 0.2) is 0 Å². The molecule has 0 aliphatic heterocycles. The second-order valence-electron chi connectivity index (χ2n) is 6.06. The SMILES string of the molecule is CC(C)(C)OC(=O)NCCC(=O)NCCc1cc(F)cc(F)c1. The zero-order valence-electron chi connectivity index (χ0n) is 13.5. The molecule has 0 saturated heterocycles. The molecule has 0 atom stereocenters. The Morgan fingerprint density at radius 2 is 1.65 bits per heavy atom. The summed E-state index contributed by atoms with van der Waals surface area (Å²) in [4.78, 5) is 22.9. The van der Waals surface area contributed by atoms with Crippen LogP contribution >= 0.6 is 0 Å². The third-order valence-corrected chi connectivity index (χ3v) is 2.68. The van der Waals surface area contributed by atoms with E-state index in [1.165, 1.54) is 12.1 Å². The van der Waals surface area contributed by atoms with Crippen molar-refractivity contribution in [3.8, 4) is 0 Å². The number of benzene rings is 1. The van der Waals surface area contributed by atoms with E-state index in [9.17, 15) is 18.4 Å². The summed E-state index contributed by atoms with van der Waals surface area (Å²) >= 11 is 0. The molecule has 0 spiro atoms. The van der Waals surface area contributed by atoms with Gasteiger partial charge < -0.3 is 15.4 Å². The molecule has 7 heteroatoms. The minimum Gasteiger partial charge on any atom is -0.444 e. The lowest BCUT2D eigenvalue weighted by Gasteiger charge is -2.19. The van der Waals surface area contributed by atoms with E-state index in [0.717, 1.165) is 6.07 Å². The Morgan fingerprint density at radius 1 is 1.04 bits per heavy atom. The van der Waals surface area contributed by atoms with Crippen molar-refractivity contribution in [3.05, 3.63) is 35.4 Å². The fourth-order valence-electron chi connectivity index (χ4n) is 1.78. The molecule has 128 valence electrons. The Hall–Kier alpha value is -2.18. The second kappa shape index (κ2) is 8.45. The lowest BCUT2D eigenvalue weighted by atomic mass is 10.1. The number of alkyl carbamates (subject to hydrolysis) is 1. The number of carbonyl (C=O) groups excluding carboxylic acids is 2. The number of amides is 2. The van der Waals surface area contributed by atoms with Gasteiger partial charge in [0, 0.05) is 25.6 Å². The third-order valence-electron chi connectivity index (χ3n) is 2.68. The van der Waals surface area contributed by atoms with Gasteiger partial charge in [0.1, 0.15) is 17.2 Å². The fourth-order valence-corrected chi connectivity index (χ4v) is 1.78. The minimum absolute atomic E-state index is 0.0940. The average molecular weight is 328 g/mol. The standard InChI is InChI=1S/C16H22F2N2O3/c1-16(2,3)23-15(22)20-7-5-14(21)19-6-4-11-8-12(17)10-13(18)9-11/h8-10H,4-7H2,1-3H3,(H,19,21)(H,20,22). The van der Waals surface area contributed by atoms with Gasteiger partial charge >= 0.3 is 6.09 Å². The monoisotopic (exact) mass is 328 g/mol. The van der Waals surface area contributed by atoms with Crippen LogP contribution in [0.1, 0.15) is 32.8 Å². The van der Waals surface area contributed by atoms with Crippen molar-refractivity contribution in [1.82, 2.24) is 10.6 Å². The molecule has 1 aromatic rings. The van der Waals surface area contributed by atoms with Crippen molar-refractivity contribution in [2.45, 2.75) is 39.2 Å². The molecule has 2 amide bonds. The van der Waals surface area contributed by atoms with Crippen LogP contribution in [-0.4, -0.2) is 30.7 Å². The fraction of sp³-hybridized carbons (Fsp3) is 0.500. The largest absolute Gasteiger partial charge is 0.444 e. The number of nitrogens with one attached hydrogen (secondary N) is 2. The van der Waals surface area contributed by atoms with Gasteiger partial charge in [-0.05, 0) is 44.9 Å². The van der Waals surface area contributed by atoms with E-state index in [-0.39, 0.29) is 25.4 Å². The second-order valence-corrected chi connectivity index (χ2v) is 6.06. The Balaban J connectivity index is 2.21. The van der Waals surface area contributed by atoms with E-state index < -0.39 is 23.3 Å². The molecule has 0 saturated carbocycles. The van der Waals surface area contributed by atoms with E-state index in [2.05, 4.69) is 10.6 Å². The van der Waals surface area contributed by atoms with Gasteiger partial charge in [0.25, 0.3) is 0 Å². The van der Waals surface area contributed by atoms with Crippen LogP contribution in [-0.2, 0) is 16.0 Å². The van der Waals surface area contributed by atoms with Crippen LogP contribution < -0.4 is 10.6 Å². The van der Waals surface area contributed by atoms with Crippen LogP contribution in [0.3, 0.4) is 0 Å². The Kier molecular flexibility index (Phi) is 6.93. The molecule has 0 heterocycles. The maximum atomic E-state index is 13.0. The molecule has 2 N–H and O–H groups in total. The Morgan fingerprint density at radius 3 is 2.22 bits per heavy atom. The number of halogens is 2. The van der Waals surface area contributed by atoms with Crippen molar-refractivity contribution in [2.75, 3.05) is 13.1 Å². The zero-order chi connectivity index (χ0) is 17.5. The number of ether oxygens (including phenoxy) is 1. The number of hydrogen-bond acceptors (Lipinski definition) is 3. The number of hydrogen-bond donors (Lipinski definition) is 2. The summed E-state index contributed by atoms with van der Waals surface area (Å²) in [7, 11) is 0. The molecule has 0 fully saturated rings. The predicted molar refractivity (Wildman–Crippen MR) is 81.9 cm³/mol. The summed E-state index contributed by atoms with van der Waals surface area (Å²) in [5, 5.41) is 5.09. The molecule has 1 rings (SSSR count). The van der Waals surface area contributed by atoms with Gasteiger partial charge in [-0.1, -0.05) is 0 Å². The van der Waals surface area contributed by atoms with Crippen LogP contribution in [0.25, 0.3) is 0 Å². The molecule has 23 heavy (non-hydrogen) atoms. The average Bonchev–Trinajstić information content (AvgIpc) is 2.35. The molecule has 5 nitrogen and oxygen atoms in total. The molecule has 0 aliphatic carbocycles. The van der Waals surface area contributed by atoms with Gasteiger partial charge in [-0.2, -0.15) is 0 Å². The van der Waals surface area contributed by atoms with Gasteiger partial charge in [-0.3, -0.25) is 4.79 Å². The highest BCUT2D eigenvalue weighted by Gasteiger charge is 2.15. The summed E-state index contributed by atoms with van der Waals surface area (Å²) < 4.78 is 31.0. The van der Waals surface area contributed by atoms with Crippen molar-refractivity contribution < 1.29 is 23.1 Å². The van der Waals surface area contributed by atoms with Crippen molar-refractivity contribution in [1.29, 1.82) is 0 Å². The molecule has 0 radical (unpaired) electrons. The highest BCUT2D eigenvalue weighted by Crippen LogP contribution is 2.08. The first kappa shape index (κ1) is 18.9. The Bertz CT molecular complexity index is 536. The minimum atomic E-state index is -0.645. The van der Waals surface area contributed by atoms with Crippen molar-refractivity contribution in [3.63, 3.8) is 0 Å². The molecule has 0 aromatic heterocycles. The zero-order valence-corrected chi connectivity index (χ0v) is 13.5. The summed E-state index contributed by atoms with van der Waals surface area (Å²) in [6.45, 7) is 5.64. The van der Waals surface area contributed by atoms with E-state index in [1.54, 1.807) is 20.8 Å². The van der Waals surface area contributed by atoms with Crippen molar-refractivity contribution in [2.24, 2.45) is 0 Å². The highest BCUT2D eigenvalue weighted by atomic mass is 19.1. The van der Waals surface area contributed by atoms with E-state index in [1.807, 2.05) is 0 Å². The maximum absolute atomic E-state index is 13.0. The van der Waals surface area contributed by atoms with Gasteiger partial charge in [0.2, 0.25) is 5.91 Å². The summed E-state index contributed by atoms with van der Waals surface area (Å²) in [5.74, 6) is -1.56. The molecule has 0 unspecified atom stereocenters. The van der Waals surface area contributed by atoms with Crippen LogP contribution in [0.2, 0.25) is 0 Å². The van der Waals surface area contributed by atoms with Crippen molar-refractivity contribution >= 4 is 12.0 Å². The van der Waals surface area contributed by atoms with E-state index in [4.69, 9.17) is 4.74 Å². The van der Waals surface area contributed by atoms with Crippen LogP contribution in [0.15, 0.2) is 18.2 Å². The maximum Gasteiger partial charge on any atom is 0.407 e. The third kappa shape index (κ3) is 8.75. The lowest BCUT2D eigenvalue weighted by molar-refractivity contribution is -0.120. The molecular formula is C16H22F2N2O3. The topological polar surface area (TPSA) is 67.4 Å². The summed E-state index contributed by atoms with van der Waals surface area (Å²) in [5.41, 5.74) is -0.123. The van der Waals surface area contributed by atoms with Crippen LogP contribution in [0.5, 0.6) is 0 Å². The van der Waals surface area contributed by atoms with Crippen LogP contribution in [0.4, 0.5) is 13.6 Å². The normalized spacial score (nSPS) is 11.0. The van der Waals surface area contributed by atoms with E-state index >= 15 is 0 Å². The number of carbonyl (C=O) groups is 2. The quantitative estimate of drug-likeness (QED) is 0.843. The molecule has 0 aliphatic rings. The predicted octanol–water partition coefficient (Wildman–Crippen LogP) is 2.54. The first-order valence-corrected chi connectivity index (χ1v) is 7.34. The lowest BCUT2D eigenvalue weighted by Crippen LogP contribution is -2.35. The van der Waals surface area contributed by atoms with Gasteiger partial charge in [-0.15, -0.1) is 0 Å². The summed E-state index contributed by atoms with van der Waals surface area (Å²) in [6.07, 6.45) is -0.169. The van der Waals surface area contributed by atoms with Gasteiger partial charge in [0.05, 0.1) is 0 Å². The van der Waals surface area contributed by atoms with Crippen LogP contribution in [0, 0.1) is 11.6 Å². The summed E-state index contributed by atoms with van der Waals surface area (Å²) in [6, 6.07) is 3.24. The molecule has 1 aromatic carbocycles. The number of rotatable bonds is 6. The highest BCUT2D eigenvalue weighted by molar-refractivity contribution is 5.77. The van der Waals surface area contributed by atoms with Gasteiger partial charge in [-0.25, -0.2) is 13.6 Å². The first-order chi connectivity index (χ1) is 10.7. The van der Waals surface area contributed by atoms with E-state index in [0.29, 0.717) is 12.0 Å².